The topological polar surface area (TPSA) is 64.2 Å². The van der Waals surface area contributed by atoms with Crippen LogP contribution in [0.4, 0.5) is 0 Å². The summed E-state index contributed by atoms with van der Waals surface area (Å²) in [7, 11) is 1.96. The van der Waals surface area contributed by atoms with Crippen LogP contribution in [0.1, 0.15) is 48.7 Å². The van der Waals surface area contributed by atoms with Gasteiger partial charge in [0.05, 0.1) is 17.3 Å². The molecule has 0 bridgehead atoms. The summed E-state index contributed by atoms with van der Waals surface area (Å²) < 4.78 is 1.90. The van der Waals surface area contributed by atoms with E-state index in [0.717, 1.165) is 43.6 Å². The van der Waals surface area contributed by atoms with Crippen LogP contribution in [0.2, 0.25) is 0 Å². The molecule has 0 radical (unpaired) electrons. The van der Waals surface area contributed by atoms with Gasteiger partial charge in [-0.2, -0.15) is 5.10 Å². The first-order chi connectivity index (χ1) is 8.94. The second-order valence-electron chi connectivity index (χ2n) is 6.02. The molecule has 1 amide bonds. The van der Waals surface area contributed by atoms with Gasteiger partial charge in [-0.05, 0) is 39.5 Å². The molecule has 1 saturated heterocycles. The Labute approximate surface area is 113 Å². The second kappa shape index (κ2) is 4.07. The maximum atomic E-state index is 12.5. The standard InChI is InChI=1S/C14H22N4O/c1-9-12(10(2)17(3)16-9)11-5-4-8-18(11)13(19)14(15)6-7-14/h11H,4-8,15H2,1-3H3. The highest BCUT2D eigenvalue weighted by Gasteiger charge is 2.50. The maximum absolute atomic E-state index is 12.5. The van der Waals surface area contributed by atoms with Crippen molar-refractivity contribution in [2.75, 3.05) is 6.54 Å². The molecule has 3 rings (SSSR count). The molecule has 1 unspecified atom stereocenters. The minimum absolute atomic E-state index is 0.137. The van der Waals surface area contributed by atoms with Crippen molar-refractivity contribution in [2.24, 2.45) is 12.8 Å². The van der Waals surface area contributed by atoms with E-state index in [9.17, 15) is 4.79 Å². The van der Waals surface area contributed by atoms with Gasteiger partial charge in [0.2, 0.25) is 5.91 Å². The van der Waals surface area contributed by atoms with Crippen LogP contribution in [0, 0.1) is 13.8 Å². The molecule has 5 nitrogen and oxygen atoms in total. The van der Waals surface area contributed by atoms with E-state index in [-0.39, 0.29) is 11.9 Å². The number of aryl methyl sites for hydroxylation is 2. The fourth-order valence-electron chi connectivity index (χ4n) is 3.22. The molecule has 1 aromatic heterocycles. The summed E-state index contributed by atoms with van der Waals surface area (Å²) in [4.78, 5) is 14.5. The van der Waals surface area contributed by atoms with Gasteiger partial charge in [0.15, 0.2) is 0 Å². The highest BCUT2D eigenvalue weighted by molar-refractivity contribution is 5.89. The van der Waals surface area contributed by atoms with Crippen molar-refractivity contribution in [3.63, 3.8) is 0 Å². The van der Waals surface area contributed by atoms with Crippen LogP contribution in [0.3, 0.4) is 0 Å². The van der Waals surface area contributed by atoms with Gasteiger partial charge in [-0.25, -0.2) is 0 Å². The Hall–Kier alpha value is -1.36. The number of carbonyl (C=O) groups excluding carboxylic acids is 1. The van der Waals surface area contributed by atoms with E-state index in [1.807, 2.05) is 23.6 Å². The molecule has 19 heavy (non-hydrogen) atoms. The van der Waals surface area contributed by atoms with E-state index in [0.29, 0.717) is 0 Å². The van der Waals surface area contributed by atoms with E-state index >= 15 is 0 Å². The van der Waals surface area contributed by atoms with Crippen molar-refractivity contribution >= 4 is 5.91 Å². The number of amides is 1. The zero-order valence-electron chi connectivity index (χ0n) is 11.9. The molecule has 1 saturated carbocycles. The summed E-state index contributed by atoms with van der Waals surface area (Å²) in [5.41, 5.74) is 8.93. The number of hydrogen-bond donors (Lipinski definition) is 1. The second-order valence-corrected chi connectivity index (χ2v) is 6.02. The first kappa shape index (κ1) is 12.7. The van der Waals surface area contributed by atoms with Gasteiger partial charge < -0.3 is 10.6 Å². The Bertz CT molecular complexity index is 530. The minimum Gasteiger partial charge on any atom is -0.334 e. The molecule has 0 spiro atoms. The van der Waals surface area contributed by atoms with Crippen LogP contribution in [0.5, 0.6) is 0 Å². The number of likely N-dealkylation sites (tertiary alicyclic amines) is 1. The average molecular weight is 262 g/mol. The van der Waals surface area contributed by atoms with Crippen LogP contribution in [0.15, 0.2) is 0 Å². The number of rotatable bonds is 2. The molecule has 1 atom stereocenters. The van der Waals surface area contributed by atoms with Crippen LogP contribution in [-0.4, -0.2) is 32.7 Å². The normalized spacial score (nSPS) is 24.8. The quantitative estimate of drug-likeness (QED) is 0.870. The Morgan fingerprint density at radius 3 is 2.63 bits per heavy atom. The van der Waals surface area contributed by atoms with Crippen LogP contribution in [-0.2, 0) is 11.8 Å². The van der Waals surface area contributed by atoms with E-state index < -0.39 is 5.54 Å². The molecule has 1 aliphatic heterocycles. The largest absolute Gasteiger partial charge is 0.334 e. The van der Waals surface area contributed by atoms with Crippen molar-refractivity contribution in [3.05, 3.63) is 17.0 Å². The lowest BCUT2D eigenvalue weighted by molar-refractivity contribution is -0.134. The molecule has 2 N–H and O–H groups in total. The number of nitrogens with two attached hydrogens (primary N) is 1. The van der Waals surface area contributed by atoms with E-state index in [4.69, 9.17) is 5.73 Å². The lowest BCUT2D eigenvalue weighted by Crippen LogP contribution is -2.45. The molecule has 5 heteroatoms. The highest BCUT2D eigenvalue weighted by atomic mass is 16.2. The van der Waals surface area contributed by atoms with E-state index in [2.05, 4.69) is 12.0 Å². The Morgan fingerprint density at radius 2 is 2.11 bits per heavy atom. The number of carbonyl (C=O) groups is 1. The van der Waals surface area contributed by atoms with Gasteiger partial charge in [0.1, 0.15) is 0 Å². The molecule has 2 fully saturated rings. The smallest absolute Gasteiger partial charge is 0.243 e. The highest BCUT2D eigenvalue weighted by Crippen LogP contribution is 2.41. The molecular formula is C14H22N4O. The molecular weight excluding hydrogens is 240 g/mol. The molecule has 1 aromatic rings. The number of hydrogen-bond acceptors (Lipinski definition) is 3. The summed E-state index contributed by atoms with van der Waals surface area (Å²) in [5.74, 6) is 0.137. The number of aromatic nitrogens is 2. The molecule has 0 aromatic carbocycles. The Morgan fingerprint density at radius 1 is 1.42 bits per heavy atom. The maximum Gasteiger partial charge on any atom is 0.243 e. The van der Waals surface area contributed by atoms with Gasteiger partial charge in [0.25, 0.3) is 0 Å². The zero-order valence-corrected chi connectivity index (χ0v) is 11.9. The fraction of sp³-hybridized carbons (Fsp3) is 0.714. The van der Waals surface area contributed by atoms with Crippen LogP contribution >= 0.6 is 0 Å². The van der Waals surface area contributed by atoms with Crippen LogP contribution in [0.25, 0.3) is 0 Å². The zero-order chi connectivity index (χ0) is 13.8. The summed E-state index contributed by atoms with van der Waals surface area (Å²) in [6, 6.07) is 0.169. The van der Waals surface area contributed by atoms with Gasteiger partial charge >= 0.3 is 0 Å². The van der Waals surface area contributed by atoms with Crippen molar-refractivity contribution in [3.8, 4) is 0 Å². The monoisotopic (exact) mass is 262 g/mol. The van der Waals surface area contributed by atoms with Crippen molar-refractivity contribution in [1.82, 2.24) is 14.7 Å². The first-order valence-electron chi connectivity index (χ1n) is 7.04. The molecule has 2 heterocycles. The predicted molar refractivity (Wildman–Crippen MR) is 72.5 cm³/mol. The van der Waals surface area contributed by atoms with Gasteiger partial charge in [-0.3, -0.25) is 9.48 Å². The van der Waals surface area contributed by atoms with Gasteiger partial charge in [-0.15, -0.1) is 0 Å². The lowest BCUT2D eigenvalue weighted by atomic mass is 10.0. The Kier molecular flexibility index (Phi) is 2.71. The fourth-order valence-corrected chi connectivity index (χ4v) is 3.22. The summed E-state index contributed by atoms with van der Waals surface area (Å²) in [6.07, 6.45) is 3.75. The Balaban J connectivity index is 1.93. The summed E-state index contributed by atoms with van der Waals surface area (Å²) in [6.45, 7) is 4.93. The van der Waals surface area contributed by atoms with E-state index in [1.165, 1.54) is 5.56 Å². The third kappa shape index (κ3) is 1.87. The van der Waals surface area contributed by atoms with E-state index in [1.54, 1.807) is 0 Å². The summed E-state index contributed by atoms with van der Waals surface area (Å²) in [5, 5.41) is 4.47. The lowest BCUT2D eigenvalue weighted by Gasteiger charge is -2.28. The third-order valence-corrected chi connectivity index (χ3v) is 4.63. The minimum atomic E-state index is -0.563. The van der Waals surface area contributed by atoms with Crippen molar-refractivity contribution in [2.45, 2.75) is 51.1 Å². The van der Waals surface area contributed by atoms with Gasteiger partial charge in [-0.1, -0.05) is 0 Å². The predicted octanol–water partition coefficient (Wildman–Crippen LogP) is 1.19. The molecule has 1 aliphatic carbocycles. The molecule has 2 aliphatic rings. The average Bonchev–Trinajstić information content (AvgIpc) is 2.84. The molecule has 104 valence electrons. The van der Waals surface area contributed by atoms with Crippen LogP contribution < -0.4 is 5.73 Å². The van der Waals surface area contributed by atoms with Gasteiger partial charge in [0, 0.05) is 24.8 Å². The van der Waals surface area contributed by atoms with Crippen molar-refractivity contribution in [1.29, 1.82) is 0 Å². The first-order valence-corrected chi connectivity index (χ1v) is 7.04. The SMILES string of the molecule is Cc1nn(C)c(C)c1C1CCCN1C(=O)C1(N)CC1. The number of nitrogens with zero attached hydrogens (tertiary/aromatic N) is 3. The third-order valence-electron chi connectivity index (χ3n) is 4.63. The summed E-state index contributed by atoms with van der Waals surface area (Å²) >= 11 is 0. The van der Waals surface area contributed by atoms with Crippen molar-refractivity contribution < 1.29 is 4.79 Å².